The van der Waals surface area contributed by atoms with Gasteiger partial charge in [0.15, 0.2) is 5.82 Å². The van der Waals surface area contributed by atoms with Gasteiger partial charge in [0.1, 0.15) is 12.4 Å². The lowest BCUT2D eigenvalue weighted by atomic mass is 9.92. The minimum atomic E-state index is -0.449. The first-order valence-electron chi connectivity index (χ1n) is 9.96. The summed E-state index contributed by atoms with van der Waals surface area (Å²) >= 11 is 7.80. The molecule has 1 saturated heterocycles. The summed E-state index contributed by atoms with van der Waals surface area (Å²) in [6, 6.07) is 7.59. The van der Waals surface area contributed by atoms with Gasteiger partial charge >= 0.3 is 5.97 Å². The third-order valence-corrected chi connectivity index (χ3v) is 7.02. The zero-order chi connectivity index (χ0) is 22.7. The molecular weight excluding hydrogens is 454 g/mol. The number of thioether (sulfide) groups is 1. The van der Waals surface area contributed by atoms with E-state index in [-0.39, 0.29) is 30.2 Å². The number of aromatic nitrogens is 4. The van der Waals surface area contributed by atoms with Crippen molar-refractivity contribution in [3.8, 4) is 5.75 Å². The van der Waals surface area contributed by atoms with E-state index < -0.39 is 11.9 Å². The predicted molar refractivity (Wildman–Crippen MR) is 120 cm³/mol. The number of fused-ring (bicyclic) bond motifs is 1. The van der Waals surface area contributed by atoms with E-state index in [4.69, 9.17) is 21.1 Å². The highest BCUT2D eigenvalue weighted by atomic mass is 35.5. The predicted octanol–water partition coefficient (Wildman–Crippen LogP) is 2.33. The summed E-state index contributed by atoms with van der Waals surface area (Å²) in [6.07, 6.45) is 1.53. The van der Waals surface area contributed by atoms with Crippen molar-refractivity contribution in [2.45, 2.75) is 18.3 Å². The number of hydrogen-bond acceptors (Lipinski definition) is 8. The number of benzene rings is 1. The zero-order valence-corrected chi connectivity index (χ0v) is 19.0. The van der Waals surface area contributed by atoms with Crippen LogP contribution in [0.25, 0.3) is 5.70 Å². The molecule has 3 heterocycles. The quantitative estimate of drug-likeness (QED) is 0.236. The standard InChI is InChI=1S/C21H22ClN5O4S/c1-3-8-31-17(28)9-16-20(29)27-18(14(10-22)12-32-21(16)27)19-23-24-25-26(19)11-13-4-6-15(30-2)7-5-13/h3-7,16,21H,1,8-12H2,2H3/t16-,21-/m1/s1. The van der Waals surface area contributed by atoms with Crippen LogP contribution in [0.1, 0.15) is 17.8 Å². The number of amides is 1. The zero-order valence-electron chi connectivity index (χ0n) is 17.4. The molecule has 2 aliphatic rings. The minimum absolute atomic E-state index is 0.0289. The maximum absolute atomic E-state index is 13.0. The van der Waals surface area contributed by atoms with Crippen LogP contribution in [0.3, 0.4) is 0 Å². The Bertz CT molecular complexity index is 1050. The molecule has 0 radical (unpaired) electrons. The molecule has 1 aromatic carbocycles. The molecule has 1 aromatic heterocycles. The molecule has 1 amide bonds. The summed E-state index contributed by atoms with van der Waals surface area (Å²) in [5, 5.41) is 12.0. The fraction of sp³-hybridized carbons (Fsp3) is 0.381. The van der Waals surface area contributed by atoms with Gasteiger partial charge in [0.25, 0.3) is 0 Å². The first kappa shape index (κ1) is 22.3. The number of ether oxygens (including phenoxy) is 2. The molecule has 0 saturated carbocycles. The third kappa shape index (κ3) is 4.24. The Morgan fingerprint density at radius 2 is 2.16 bits per heavy atom. The molecule has 11 heteroatoms. The Morgan fingerprint density at radius 1 is 1.38 bits per heavy atom. The fourth-order valence-electron chi connectivity index (χ4n) is 3.71. The molecule has 32 heavy (non-hydrogen) atoms. The van der Waals surface area contributed by atoms with Crippen molar-refractivity contribution in [2.24, 2.45) is 5.92 Å². The highest BCUT2D eigenvalue weighted by Gasteiger charge is 2.53. The van der Waals surface area contributed by atoms with Gasteiger partial charge < -0.3 is 9.47 Å². The number of hydrogen-bond donors (Lipinski definition) is 0. The maximum Gasteiger partial charge on any atom is 0.307 e. The van der Waals surface area contributed by atoms with Crippen LogP contribution >= 0.6 is 23.4 Å². The summed E-state index contributed by atoms with van der Waals surface area (Å²) in [4.78, 5) is 26.7. The lowest BCUT2D eigenvalue weighted by Crippen LogP contribution is -2.60. The molecule has 1 fully saturated rings. The lowest BCUT2D eigenvalue weighted by molar-refractivity contribution is -0.154. The van der Waals surface area contributed by atoms with Crippen LogP contribution in [-0.4, -0.2) is 67.7 Å². The van der Waals surface area contributed by atoms with Crippen molar-refractivity contribution < 1.29 is 19.1 Å². The maximum atomic E-state index is 13.0. The van der Waals surface area contributed by atoms with Crippen LogP contribution in [-0.2, 0) is 20.9 Å². The summed E-state index contributed by atoms with van der Waals surface area (Å²) in [7, 11) is 1.61. The number of halogens is 1. The van der Waals surface area contributed by atoms with Gasteiger partial charge in [0.2, 0.25) is 5.91 Å². The van der Waals surface area contributed by atoms with Gasteiger partial charge in [-0.05, 0) is 33.7 Å². The average Bonchev–Trinajstić information content (AvgIpc) is 3.28. The summed E-state index contributed by atoms with van der Waals surface area (Å²) in [5.74, 6) is 1.09. The van der Waals surface area contributed by atoms with E-state index in [1.807, 2.05) is 24.3 Å². The molecule has 2 atom stereocenters. The Morgan fingerprint density at radius 3 is 2.84 bits per heavy atom. The van der Waals surface area contributed by atoms with E-state index in [9.17, 15) is 9.59 Å². The number of tetrazole rings is 1. The third-order valence-electron chi connectivity index (χ3n) is 5.30. The first-order chi connectivity index (χ1) is 15.6. The lowest BCUT2D eigenvalue weighted by Gasteiger charge is -2.50. The molecule has 4 rings (SSSR count). The van der Waals surface area contributed by atoms with Gasteiger partial charge in [-0.15, -0.1) is 28.5 Å². The first-order valence-corrected chi connectivity index (χ1v) is 11.5. The molecule has 9 nitrogen and oxygen atoms in total. The number of alkyl halides is 1. The number of carbonyl (C=O) groups excluding carboxylic acids is 2. The van der Waals surface area contributed by atoms with Crippen molar-refractivity contribution in [3.05, 3.63) is 53.9 Å². The SMILES string of the molecule is C=CCOC(=O)C[C@@H]1C(=O)N2C(c3nnnn3Cc3ccc(OC)cc3)=C(CCl)CS[C@H]12. The topological polar surface area (TPSA) is 99.4 Å². The van der Waals surface area contributed by atoms with Gasteiger partial charge in [-0.2, -0.15) is 0 Å². The van der Waals surface area contributed by atoms with Gasteiger partial charge in [0.05, 0.1) is 37.1 Å². The molecule has 0 N–H and O–H groups in total. The summed E-state index contributed by atoms with van der Waals surface area (Å²) in [6.45, 7) is 4.07. The summed E-state index contributed by atoms with van der Waals surface area (Å²) < 4.78 is 11.9. The number of nitrogens with zero attached hydrogens (tertiary/aromatic N) is 5. The normalized spacial score (nSPS) is 19.9. The smallest absolute Gasteiger partial charge is 0.307 e. The number of methoxy groups -OCH3 is 1. The van der Waals surface area contributed by atoms with E-state index in [0.29, 0.717) is 23.8 Å². The molecule has 0 spiro atoms. The Balaban J connectivity index is 1.57. The molecule has 2 aliphatic heterocycles. The number of carbonyl (C=O) groups is 2. The molecule has 0 aliphatic carbocycles. The van der Waals surface area contributed by atoms with Crippen LogP contribution < -0.4 is 4.74 Å². The van der Waals surface area contributed by atoms with E-state index in [1.165, 1.54) is 6.08 Å². The monoisotopic (exact) mass is 475 g/mol. The van der Waals surface area contributed by atoms with Crippen LogP contribution in [0.2, 0.25) is 0 Å². The summed E-state index contributed by atoms with van der Waals surface area (Å²) in [5.41, 5.74) is 2.48. The second-order valence-electron chi connectivity index (χ2n) is 7.29. The molecule has 0 unspecified atom stereocenters. The van der Waals surface area contributed by atoms with Crippen molar-refractivity contribution >= 4 is 40.9 Å². The van der Waals surface area contributed by atoms with Crippen LogP contribution in [0.15, 0.2) is 42.5 Å². The van der Waals surface area contributed by atoms with Gasteiger partial charge in [-0.1, -0.05) is 24.8 Å². The Kier molecular flexibility index (Phi) is 6.80. The number of β-lactam (4-membered cyclic amide) rings is 1. The highest BCUT2D eigenvalue weighted by Crippen LogP contribution is 2.47. The second kappa shape index (κ2) is 9.74. The van der Waals surface area contributed by atoms with Crippen LogP contribution in [0.5, 0.6) is 5.75 Å². The van der Waals surface area contributed by atoms with E-state index in [0.717, 1.165) is 16.9 Å². The minimum Gasteiger partial charge on any atom is -0.497 e. The van der Waals surface area contributed by atoms with Gasteiger partial charge in [-0.3, -0.25) is 14.5 Å². The molecule has 0 bridgehead atoms. The fourth-order valence-corrected chi connectivity index (χ4v) is 5.45. The highest BCUT2D eigenvalue weighted by molar-refractivity contribution is 8.00. The number of rotatable bonds is 9. The average molecular weight is 476 g/mol. The largest absolute Gasteiger partial charge is 0.497 e. The van der Waals surface area contributed by atoms with Crippen molar-refractivity contribution in [2.75, 3.05) is 25.3 Å². The van der Waals surface area contributed by atoms with Crippen molar-refractivity contribution in [1.29, 1.82) is 0 Å². The van der Waals surface area contributed by atoms with E-state index >= 15 is 0 Å². The second-order valence-corrected chi connectivity index (χ2v) is 8.66. The van der Waals surface area contributed by atoms with Crippen LogP contribution in [0, 0.1) is 5.92 Å². The van der Waals surface area contributed by atoms with Crippen LogP contribution in [0.4, 0.5) is 0 Å². The Hall–Kier alpha value is -2.85. The van der Waals surface area contributed by atoms with Gasteiger partial charge in [-0.25, -0.2) is 4.68 Å². The van der Waals surface area contributed by atoms with E-state index in [1.54, 1.807) is 28.5 Å². The van der Waals surface area contributed by atoms with Crippen molar-refractivity contribution in [3.63, 3.8) is 0 Å². The molecule has 2 aromatic rings. The van der Waals surface area contributed by atoms with Gasteiger partial charge in [0, 0.05) is 11.6 Å². The Labute approximate surface area is 194 Å². The molecular formula is C21H22ClN5O4S. The van der Waals surface area contributed by atoms with Crippen molar-refractivity contribution in [1.82, 2.24) is 25.1 Å². The van der Waals surface area contributed by atoms with E-state index in [2.05, 4.69) is 22.1 Å². The molecule has 168 valence electrons. The number of esters is 1.